The number of nitrogens with two attached hydrogens (primary N) is 1. The van der Waals surface area contributed by atoms with E-state index in [4.69, 9.17) is 5.84 Å². The van der Waals surface area contributed by atoms with Gasteiger partial charge in [0.25, 0.3) is 0 Å². The lowest BCUT2D eigenvalue weighted by Crippen LogP contribution is -2.30. The van der Waals surface area contributed by atoms with Crippen molar-refractivity contribution in [3.63, 3.8) is 0 Å². The minimum atomic E-state index is -0.813. The normalized spacial score (nSPS) is 12.7. The minimum Gasteiger partial charge on any atom is -0.271 e. The molecule has 1 unspecified atom stereocenters. The molecule has 0 aliphatic rings. The van der Waals surface area contributed by atoms with Crippen LogP contribution in [0.4, 0.5) is 8.78 Å². The zero-order valence-electron chi connectivity index (χ0n) is 9.95. The van der Waals surface area contributed by atoms with E-state index in [0.717, 1.165) is 11.5 Å². The predicted molar refractivity (Wildman–Crippen MR) is 72.5 cm³/mol. The average molecular weight is 349 g/mol. The van der Waals surface area contributed by atoms with Crippen molar-refractivity contribution in [2.75, 3.05) is 0 Å². The highest BCUT2D eigenvalue weighted by atomic mass is 79.9. The first-order chi connectivity index (χ1) is 9.10. The number of halogens is 3. The van der Waals surface area contributed by atoms with E-state index in [1.807, 2.05) is 6.92 Å². The molecule has 1 heterocycles. The lowest BCUT2D eigenvalue weighted by atomic mass is 10.0. The Morgan fingerprint density at radius 2 is 2.21 bits per heavy atom. The summed E-state index contributed by atoms with van der Waals surface area (Å²) < 4.78 is 32.0. The molecule has 0 saturated heterocycles. The van der Waals surface area contributed by atoms with Crippen molar-refractivity contribution >= 4 is 27.5 Å². The number of hydrogen-bond acceptors (Lipinski definition) is 5. The van der Waals surface area contributed by atoms with Gasteiger partial charge in [0.1, 0.15) is 11.6 Å². The van der Waals surface area contributed by atoms with Gasteiger partial charge >= 0.3 is 0 Å². The van der Waals surface area contributed by atoms with E-state index in [1.54, 1.807) is 0 Å². The first kappa shape index (κ1) is 14.4. The first-order valence-corrected chi connectivity index (χ1v) is 7.07. The molecule has 1 aromatic carbocycles. The van der Waals surface area contributed by atoms with Crippen molar-refractivity contribution in [3.05, 3.63) is 44.4 Å². The maximum atomic E-state index is 14.1. The van der Waals surface area contributed by atoms with Crippen LogP contribution < -0.4 is 11.3 Å². The molecule has 4 nitrogen and oxygen atoms in total. The third-order valence-corrected chi connectivity index (χ3v) is 4.16. The molecule has 0 radical (unpaired) electrons. The SMILES string of the molecule is CCc1nnsc1C(NN)c1c(F)ccc(Br)c1F. The lowest BCUT2D eigenvalue weighted by molar-refractivity contribution is 0.509. The van der Waals surface area contributed by atoms with Gasteiger partial charge in [-0.2, -0.15) is 0 Å². The van der Waals surface area contributed by atoms with Gasteiger partial charge in [-0.05, 0) is 46.0 Å². The van der Waals surface area contributed by atoms with Crippen molar-refractivity contribution < 1.29 is 8.78 Å². The molecule has 0 aliphatic heterocycles. The summed E-state index contributed by atoms with van der Waals surface area (Å²) in [6, 6.07) is 1.69. The summed E-state index contributed by atoms with van der Waals surface area (Å²) in [4.78, 5) is 0.612. The second-order valence-corrected chi connectivity index (χ2v) is 5.43. The number of rotatable bonds is 4. The zero-order valence-corrected chi connectivity index (χ0v) is 12.4. The molecular formula is C11H11BrF2N4S. The Morgan fingerprint density at radius 1 is 1.47 bits per heavy atom. The van der Waals surface area contributed by atoms with Crippen molar-refractivity contribution in [3.8, 4) is 0 Å². The second-order valence-electron chi connectivity index (χ2n) is 3.79. The molecule has 1 aromatic heterocycles. The van der Waals surface area contributed by atoms with Gasteiger partial charge in [0.15, 0.2) is 0 Å². The summed E-state index contributed by atoms with van der Waals surface area (Å²) in [5.41, 5.74) is 2.97. The molecule has 2 rings (SSSR count). The zero-order chi connectivity index (χ0) is 14.0. The monoisotopic (exact) mass is 348 g/mol. The van der Waals surface area contributed by atoms with Gasteiger partial charge in [-0.15, -0.1) is 5.10 Å². The summed E-state index contributed by atoms with van der Waals surface area (Å²) in [5, 5.41) is 3.93. The van der Waals surface area contributed by atoms with Gasteiger partial charge < -0.3 is 0 Å². The quantitative estimate of drug-likeness (QED) is 0.506. The molecule has 0 fully saturated rings. The van der Waals surface area contributed by atoms with Crippen LogP contribution in [-0.4, -0.2) is 9.59 Å². The number of nitrogens with one attached hydrogen (secondary N) is 1. The fourth-order valence-corrected chi connectivity index (χ4v) is 2.93. The van der Waals surface area contributed by atoms with E-state index in [-0.39, 0.29) is 10.0 Å². The number of aromatic nitrogens is 2. The molecule has 0 amide bonds. The lowest BCUT2D eigenvalue weighted by Gasteiger charge is -2.17. The Kier molecular flexibility index (Phi) is 4.56. The van der Waals surface area contributed by atoms with Crippen molar-refractivity contribution in [2.45, 2.75) is 19.4 Å². The summed E-state index contributed by atoms with van der Waals surface area (Å²) in [6.07, 6.45) is 0.612. The third kappa shape index (κ3) is 2.66. The van der Waals surface area contributed by atoms with E-state index in [0.29, 0.717) is 17.0 Å². The summed E-state index contributed by atoms with van der Waals surface area (Å²) in [6.45, 7) is 1.89. The van der Waals surface area contributed by atoms with Gasteiger partial charge in [0.05, 0.1) is 21.1 Å². The topological polar surface area (TPSA) is 63.8 Å². The van der Waals surface area contributed by atoms with Crippen LogP contribution in [0.25, 0.3) is 0 Å². The second kappa shape index (κ2) is 6.00. The van der Waals surface area contributed by atoms with Gasteiger partial charge in [0, 0.05) is 5.56 Å². The van der Waals surface area contributed by atoms with Gasteiger partial charge in [0.2, 0.25) is 0 Å². The largest absolute Gasteiger partial charge is 0.271 e. The van der Waals surface area contributed by atoms with Crippen molar-refractivity contribution in [1.29, 1.82) is 0 Å². The molecule has 0 spiro atoms. The smallest absolute Gasteiger partial charge is 0.145 e. The molecule has 8 heteroatoms. The Bertz CT molecular complexity index is 590. The highest BCUT2D eigenvalue weighted by Gasteiger charge is 2.26. The molecule has 0 bridgehead atoms. The van der Waals surface area contributed by atoms with Crippen LogP contribution in [0.5, 0.6) is 0 Å². The van der Waals surface area contributed by atoms with Crippen LogP contribution in [0, 0.1) is 11.6 Å². The van der Waals surface area contributed by atoms with Gasteiger partial charge in [-0.25, -0.2) is 14.2 Å². The number of aryl methyl sites for hydroxylation is 1. The van der Waals surface area contributed by atoms with E-state index in [9.17, 15) is 8.78 Å². The molecule has 2 aromatic rings. The summed E-state index contributed by atoms with van der Waals surface area (Å²) in [7, 11) is 0. The molecular weight excluding hydrogens is 338 g/mol. The van der Waals surface area contributed by atoms with Crippen LogP contribution in [0.1, 0.15) is 29.1 Å². The summed E-state index contributed by atoms with van der Waals surface area (Å²) >= 11 is 4.11. The van der Waals surface area contributed by atoms with Crippen molar-refractivity contribution in [1.82, 2.24) is 15.0 Å². The van der Waals surface area contributed by atoms with Gasteiger partial charge in [-0.3, -0.25) is 5.84 Å². The fraction of sp³-hybridized carbons (Fsp3) is 0.273. The number of hydrazine groups is 1. The van der Waals surface area contributed by atoms with E-state index in [1.165, 1.54) is 12.1 Å². The molecule has 1 atom stereocenters. The number of nitrogens with zero attached hydrogens (tertiary/aromatic N) is 2. The maximum absolute atomic E-state index is 14.1. The average Bonchev–Trinajstić information content (AvgIpc) is 2.87. The van der Waals surface area contributed by atoms with E-state index in [2.05, 4.69) is 30.9 Å². The molecule has 102 valence electrons. The van der Waals surface area contributed by atoms with Crippen LogP contribution in [0.3, 0.4) is 0 Å². The minimum absolute atomic E-state index is 0.141. The molecule has 19 heavy (non-hydrogen) atoms. The molecule has 3 N–H and O–H groups in total. The highest BCUT2D eigenvalue weighted by molar-refractivity contribution is 9.10. The van der Waals surface area contributed by atoms with Crippen LogP contribution >= 0.6 is 27.5 Å². The number of hydrogen-bond donors (Lipinski definition) is 2. The van der Waals surface area contributed by atoms with Crippen LogP contribution in [0.2, 0.25) is 0 Å². The Labute approximate surface area is 121 Å². The highest BCUT2D eigenvalue weighted by Crippen LogP contribution is 2.33. The van der Waals surface area contributed by atoms with Crippen molar-refractivity contribution in [2.24, 2.45) is 5.84 Å². The molecule has 0 aliphatic carbocycles. The van der Waals surface area contributed by atoms with Crippen LogP contribution in [0.15, 0.2) is 16.6 Å². The number of benzene rings is 1. The standard InChI is InChI=1S/C11H11BrF2N4S/c1-2-7-11(19-18-17-7)10(16-15)8-6(13)4-3-5(12)9(8)14/h3-4,10,16H,2,15H2,1H3. The van der Waals surface area contributed by atoms with Crippen LogP contribution in [-0.2, 0) is 6.42 Å². The van der Waals surface area contributed by atoms with Gasteiger partial charge in [-0.1, -0.05) is 11.4 Å². The van der Waals surface area contributed by atoms with E-state index >= 15 is 0 Å². The molecule has 0 saturated carbocycles. The Balaban J connectivity index is 2.58. The first-order valence-electron chi connectivity index (χ1n) is 5.50. The van der Waals surface area contributed by atoms with E-state index < -0.39 is 17.7 Å². The maximum Gasteiger partial charge on any atom is 0.145 e. The fourth-order valence-electron chi connectivity index (χ4n) is 1.78. The predicted octanol–water partition coefficient (Wildman–Crippen LogP) is 2.69. The Morgan fingerprint density at radius 3 is 2.84 bits per heavy atom. The third-order valence-electron chi connectivity index (χ3n) is 2.72. The Hall–Kier alpha value is -0.960. The summed E-state index contributed by atoms with van der Waals surface area (Å²) in [5.74, 6) is 4.11.